The average molecular weight is 216 g/mol. The Bertz CT molecular complexity index is 127. The van der Waals surface area contributed by atoms with Crippen LogP contribution in [-0.4, -0.2) is 19.0 Å². The minimum absolute atomic E-state index is 0.302. The fourth-order valence-corrected chi connectivity index (χ4v) is 1.74. The summed E-state index contributed by atoms with van der Waals surface area (Å²) in [6, 6.07) is 0. The molecule has 2 atom stereocenters. The van der Waals surface area contributed by atoms with Gasteiger partial charge in [-0.2, -0.15) is 0 Å². The third kappa shape index (κ3) is 10.2. The molecule has 0 N–H and O–H groups in total. The first-order chi connectivity index (χ1) is 6.91. The summed E-state index contributed by atoms with van der Waals surface area (Å²) in [4.78, 5) is 0. The van der Waals surface area contributed by atoms with Crippen molar-refractivity contribution in [1.29, 1.82) is 0 Å². The lowest BCUT2D eigenvalue weighted by atomic mass is 10.1. The summed E-state index contributed by atoms with van der Waals surface area (Å²) < 4.78 is 11.2. The molecule has 0 aromatic rings. The molecule has 0 radical (unpaired) electrons. The van der Waals surface area contributed by atoms with Crippen molar-refractivity contribution in [2.45, 2.75) is 66.6 Å². The lowest BCUT2D eigenvalue weighted by Crippen LogP contribution is -2.18. The van der Waals surface area contributed by atoms with Gasteiger partial charge in [0.05, 0.1) is 12.2 Å². The number of ether oxygens (including phenoxy) is 2. The van der Waals surface area contributed by atoms with E-state index in [0.717, 1.165) is 12.8 Å². The summed E-state index contributed by atoms with van der Waals surface area (Å²) in [5.41, 5.74) is 0. The molecule has 0 aliphatic carbocycles. The van der Waals surface area contributed by atoms with Gasteiger partial charge < -0.3 is 9.47 Å². The first kappa shape index (κ1) is 14.9. The molecular weight excluding hydrogens is 188 g/mol. The van der Waals surface area contributed by atoms with E-state index in [-0.39, 0.29) is 0 Å². The van der Waals surface area contributed by atoms with Gasteiger partial charge in [-0.1, -0.05) is 27.7 Å². The van der Waals surface area contributed by atoms with Crippen molar-refractivity contribution in [2.75, 3.05) is 6.79 Å². The van der Waals surface area contributed by atoms with Crippen molar-refractivity contribution < 1.29 is 9.47 Å². The highest BCUT2D eigenvalue weighted by atomic mass is 16.7. The fourth-order valence-electron chi connectivity index (χ4n) is 1.74. The zero-order chi connectivity index (χ0) is 11.8. The number of hydrogen-bond acceptors (Lipinski definition) is 2. The first-order valence-electron chi connectivity index (χ1n) is 6.15. The first-order valence-corrected chi connectivity index (χ1v) is 6.15. The predicted molar refractivity (Wildman–Crippen MR) is 64.9 cm³/mol. The molecule has 15 heavy (non-hydrogen) atoms. The highest BCUT2D eigenvalue weighted by Gasteiger charge is 2.08. The van der Waals surface area contributed by atoms with Crippen LogP contribution in [0.1, 0.15) is 54.4 Å². The number of hydrogen-bond donors (Lipinski definition) is 0. The second-order valence-corrected chi connectivity index (χ2v) is 5.33. The molecule has 0 amide bonds. The van der Waals surface area contributed by atoms with Gasteiger partial charge >= 0.3 is 0 Å². The Morgan fingerprint density at radius 2 is 1.00 bits per heavy atom. The molecular formula is C13H28O2. The summed E-state index contributed by atoms with van der Waals surface area (Å²) in [5.74, 6) is 1.38. The van der Waals surface area contributed by atoms with Crippen molar-refractivity contribution in [1.82, 2.24) is 0 Å². The van der Waals surface area contributed by atoms with Gasteiger partial charge in [0.15, 0.2) is 0 Å². The van der Waals surface area contributed by atoms with Crippen LogP contribution in [0.5, 0.6) is 0 Å². The van der Waals surface area contributed by atoms with Gasteiger partial charge in [-0.25, -0.2) is 0 Å². The maximum Gasteiger partial charge on any atom is 0.147 e. The Morgan fingerprint density at radius 3 is 1.27 bits per heavy atom. The monoisotopic (exact) mass is 216 g/mol. The van der Waals surface area contributed by atoms with Crippen molar-refractivity contribution in [3.8, 4) is 0 Å². The van der Waals surface area contributed by atoms with Gasteiger partial charge in [-0.05, 0) is 38.5 Å². The van der Waals surface area contributed by atoms with Crippen LogP contribution in [0.2, 0.25) is 0 Å². The van der Waals surface area contributed by atoms with Crippen LogP contribution in [0.3, 0.4) is 0 Å². The molecule has 0 aromatic carbocycles. The smallest absolute Gasteiger partial charge is 0.147 e. The van der Waals surface area contributed by atoms with Crippen LogP contribution in [0, 0.1) is 11.8 Å². The summed E-state index contributed by atoms with van der Waals surface area (Å²) in [6.07, 6.45) is 2.80. The maximum atomic E-state index is 5.58. The van der Waals surface area contributed by atoms with Crippen molar-refractivity contribution in [2.24, 2.45) is 11.8 Å². The van der Waals surface area contributed by atoms with E-state index in [9.17, 15) is 0 Å². The van der Waals surface area contributed by atoms with Gasteiger partial charge in [-0.15, -0.1) is 0 Å². The Morgan fingerprint density at radius 1 is 0.667 bits per heavy atom. The molecule has 0 heterocycles. The molecule has 0 aliphatic heterocycles. The molecule has 0 aromatic heterocycles. The summed E-state index contributed by atoms with van der Waals surface area (Å²) in [6.45, 7) is 13.5. The van der Waals surface area contributed by atoms with Crippen LogP contribution in [0.15, 0.2) is 0 Å². The largest absolute Gasteiger partial charge is 0.352 e. The summed E-state index contributed by atoms with van der Waals surface area (Å²) >= 11 is 0. The molecule has 0 bridgehead atoms. The SMILES string of the molecule is CC(C)CC(C)OCOC(C)CC(C)C. The number of rotatable bonds is 8. The average Bonchev–Trinajstić information content (AvgIpc) is 2.00. The summed E-state index contributed by atoms with van der Waals surface area (Å²) in [5, 5.41) is 0. The van der Waals surface area contributed by atoms with E-state index in [1.807, 2.05) is 0 Å². The molecule has 0 aliphatic rings. The van der Waals surface area contributed by atoms with Crippen molar-refractivity contribution >= 4 is 0 Å². The molecule has 0 spiro atoms. The Hall–Kier alpha value is -0.0800. The van der Waals surface area contributed by atoms with Gasteiger partial charge in [0.25, 0.3) is 0 Å². The predicted octanol–water partition coefficient (Wildman–Crippen LogP) is 3.85. The van der Waals surface area contributed by atoms with E-state index in [0.29, 0.717) is 30.8 Å². The Kier molecular flexibility index (Phi) is 8.07. The lowest BCUT2D eigenvalue weighted by molar-refractivity contribution is -0.116. The van der Waals surface area contributed by atoms with Gasteiger partial charge in [0, 0.05) is 0 Å². The van der Waals surface area contributed by atoms with Gasteiger partial charge in [0.2, 0.25) is 0 Å². The highest BCUT2D eigenvalue weighted by molar-refractivity contribution is 4.54. The molecule has 2 heteroatoms. The molecule has 0 fully saturated rings. The van der Waals surface area contributed by atoms with Crippen LogP contribution >= 0.6 is 0 Å². The lowest BCUT2D eigenvalue weighted by Gasteiger charge is -2.18. The summed E-state index contributed by atoms with van der Waals surface area (Å²) in [7, 11) is 0. The molecule has 0 saturated carbocycles. The normalized spacial score (nSPS) is 16.0. The van der Waals surface area contributed by atoms with Crippen molar-refractivity contribution in [3.63, 3.8) is 0 Å². The zero-order valence-electron chi connectivity index (χ0n) is 11.2. The standard InChI is InChI=1S/C13H28O2/c1-10(2)7-12(5)14-9-15-13(6)8-11(3)4/h10-13H,7-9H2,1-6H3. The van der Waals surface area contributed by atoms with Crippen molar-refractivity contribution in [3.05, 3.63) is 0 Å². The quantitative estimate of drug-likeness (QED) is 0.574. The van der Waals surface area contributed by atoms with Crippen LogP contribution in [0.4, 0.5) is 0 Å². The second-order valence-electron chi connectivity index (χ2n) is 5.33. The van der Waals surface area contributed by atoms with E-state index >= 15 is 0 Å². The zero-order valence-corrected chi connectivity index (χ0v) is 11.2. The third-order valence-corrected chi connectivity index (χ3v) is 2.31. The maximum absolute atomic E-state index is 5.58. The van der Waals surface area contributed by atoms with E-state index in [2.05, 4.69) is 41.5 Å². The van der Waals surface area contributed by atoms with Crippen LogP contribution < -0.4 is 0 Å². The molecule has 2 unspecified atom stereocenters. The molecule has 92 valence electrons. The molecule has 2 nitrogen and oxygen atoms in total. The molecule has 0 rings (SSSR count). The van der Waals surface area contributed by atoms with E-state index in [1.165, 1.54) is 0 Å². The van der Waals surface area contributed by atoms with E-state index in [1.54, 1.807) is 0 Å². The Labute approximate surface area is 95.3 Å². The van der Waals surface area contributed by atoms with Gasteiger partial charge in [-0.3, -0.25) is 0 Å². The molecule has 0 saturated heterocycles. The highest BCUT2D eigenvalue weighted by Crippen LogP contribution is 2.10. The van der Waals surface area contributed by atoms with Crippen LogP contribution in [0.25, 0.3) is 0 Å². The van der Waals surface area contributed by atoms with Crippen LogP contribution in [-0.2, 0) is 9.47 Å². The van der Waals surface area contributed by atoms with E-state index in [4.69, 9.17) is 9.47 Å². The minimum atomic E-state index is 0.302. The van der Waals surface area contributed by atoms with E-state index < -0.39 is 0 Å². The Balaban J connectivity index is 3.44. The topological polar surface area (TPSA) is 18.5 Å². The fraction of sp³-hybridized carbons (Fsp3) is 1.00. The minimum Gasteiger partial charge on any atom is -0.352 e. The van der Waals surface area contributed by atoms with Gasteiger partial charge in [0.1, 0.15) is 6.79 Å². The second kappa shape index (κ2) is 8.12. The third-order valence-electron chi connectivity index (χ3n) is 2.31.